The van der Waals surface area contributed by atoms with E-state index in [1.807, 2.05) is 31.3 Å². The quantitative estimate of drug-likeness (QED) is 0.692. The molecule has 3 heterocycles. The van der Waals surface area contributed by atoms with Gasteiger partial charge >= 0.3 is 0 Å². The number of fused-ring (bicyclic) bond motifs is 1. The molecule has 0 N–H and O–H groups in total. The lowest BCUT2D eigenvalue weighted by molar-refractivity contribution is 0.955. The molecule has 0 atom stereocenters. The van der Waals surface area contributed by atoms with Gasteiger partial charge in [0.25, 0.3) is 0 Å². The van der Waals surface area contributed by atoms with Crippen molar-refractivity contribution in [3.8, 4) is 11.4 Å². The molecule has 0 aliphatic rings. The van der Waals surface area contributed by atoms with Crippen molar-refractivity contribution in [2.75, 3.05) is 0 Å². The third kappa shape index (κ3) is 1.93. The Morgan fingerprint density at radius 1 is 1.24 bits per heavy atom. The van der Waals surface area contributed by atoms with Gasteiger partial charge in [-0.3, -0.25) is 4.98 Å². The highest BCUT2D eigenvalue weighted by atomic mass is 79.9. The molecular formula is C12H9BrN4. The molecule has 0 saturated heterocycles. The van der Waals surface area contributed by atoms with Crippen molar-refractivity contribution in [3.05, 3.63) is 46.8 Å². The van der Waals surface area contributed by atoms with E-state index in [1.54, 1.807) is 16.9 Å². The Morgan fingerprint density at radius 3 is 2.94 bits per heavy atom. The minimum Gasteiger partial charge on any atom is -0.263 e. The minimum atomic E-state index is 0.685. The van der Waals surface area contributed by atoms with Gasteiger partial charge < -0.3 is 0 Å². The molecule has 0 aliphatic carbocycles. The zero-order valence-corrected chi connectivity index (χ0v) is 10.7. The van der Waals surface area contributed by atoms with Crippen molar-refractivity contribution >= 4 is 21.6 Å². The van der Waals surface area contributed by atoms with Gasteiger partial charge in [-0.2, -0.15) is 0 Å². The van der Waals surface area contributed by atoms with Crippen LogP contribution in [0.5, 0.6) is 0 Å². The van der Waals surface area contributed by atoms with E-state index in [-0.39, 0.29) is 0 Å². The molecule has 0 amide bonds. The van der Waals surface area contributed by atoms with E-state index in [9.17, 15) is 0 Å². The first kappa shape index (κ1) is 10.4. The van der Waals surface area contributed by atoms with Crippen molar-refractivity contribution in [2.45, 2.75) is 6.92 Å². The van der Waals surface area contributed by atoms with E-state index in [4.69, 9.17) is 0 Å². The summed E-state index contributed by atoms with van der Waals surface area (Å²) >= 11 is 3.39. The standard InChI is InChI=1S/C12H9BrN4/c1-8-2-3-11-15-12(16-17(11)7-8)9-4-10(13)6-14-5-9/h2-7H,1H3. The Hall–Kier alpha value is -1.75. The molecule has 4 nitrogen and oxygen atoms in total. The second-order valence-corrected chi connectivity index (χ2v) is 4.75. The number of aromatic nitrogens is 4. The fourth-order valence-electron chi connectivity index (χ4n) is 1.64. The Balaban J connectivity index is 2.18. The normalized spacial score (nSPS) is 10.9. The van der Waals surface area contributed by atoms with E-state index in [2.05, 4.69) is 31.0 Å². The Morgan fingerprint density at radius 2 is 2.12 bits per heavy atom. The second-order valence-electron chi connectivity index (χ2n) is 3.84. The highest BCUT2D eigenvalue weighted by Crippen LogP contribution is 2.19. The van der Waals surface area contributed by atoms with Gasteiger partial charge in [0.15, 0.2) is 11.5 Å². The van der Waals surface area contributed by atoms with Gasteiger partial charge in [-0.15, -0.1) is 5.10 Å². The summed E-state index contributed by atoms with van der Waals surface area (Å²) in [6, 6.07) is 5.93. The first-order chi connectivity index (χ1) is 8.22. The van der Waals surface area contributed by atoms with E-state index >= 15 is 0 Å². The molecule has 0 aromatic carbocycles. The van der Waals surface area contributed by atoms with Gasteiger partial charge in [-0.05, 0) is 40.5 Å². The monoisotopic (exact) mass is 288 g/mol. The average Bonchev–Trinajstić information content (AvgIpc) is 2.72. The summed E-state index contributed by atoms with van der Waals surface area (Å²) in [7, 11) is 0. The Bertz CT molecular complexity index is 690. The molecule has 0 unspecified atom stereocenters. The number of hydrogen-bond acceptors (Lipinski definition) is 3. The van der Waals surface area contributed by atoms with Gasteiger partial charge in [-0.25, -0.2) is 9.50 Å². The van der Waals surface area contributed by atoms with Crippen LogP contribution in [0.15, 0.2) is 41.3 Å². The third-order valence-corrected chi connectivity index (χ3v) is 2.88. The fraction of sp³-hybridized carbons (Fsp3) is 0.0833. The van der Waals surface area contributed by atoms with Gasteiger partial charge in [0.1, 0.15) is 0 Å². The van der Waals surface area contributed by atoms with Crippen LogP contribution in [0.1, 0.15) is 5.56 Å². The van der Waals surface area contributed by atoms with E-state index in [0.29, 0.717) is 5.82 Å². The number of aryl methyl sites for hydroxylation is 1. The Labute approximate surface area is 106 Å². The van der Waals surface area contributed by atoms with Crippen molar-refractivity contribution in [1.29, 1.82) is 0 Å². The van der Waals surface area contributed by atoms with Crippen LogP contribution in [-0.2, 0) is 0 Å². The molecule has 3 rings (SSSR count). The maximum Gasteiger partial charge on any atom is 0.183 e. The largest absolute Gasteiger partial charge is 0.263 e. The number of pyridine rings is 2. The summed E-state index contributed by atoms with van der Waals surface area (Å²) in [5.74, 6) is 0.685. The fourth-order valence-corrected chi connectivity index (χ4v) is 2.01. The van der Waals surface area contributed by atoms with Gasteiger partial charge in [-0.1, -0.05) is 6.07 Å². The average molecular weight is 289 g/mol. The van der Waals surface area contributed by atoms with Crippen LogP contribution < -0.4 is 0 Å². The minimum absolute atomic E-state index is 0.685. The lowest BCUT2D eigenvalue weighted by Crippen LogP contribution is -1.88. The van der Waals surface area contributed by atoms with Crippen LogP contribution in [-0.4, -0.2) is 19.6 Å². The number of rotatable bonds is 1. The van der Waals surface area contributed by atoms with E-state index < -0.39 is 0 Å². The van der Waals surface area contributed by atoms with Crippen molar-refractivity contribution in [1.82, 2.24) is 19.6 Å². The molecule has 0 radical (unpaired) electrons. The second kappa shape index (κ2) is 3.92. The van der Waals surface area contributed by atoms with Crippen molar-refractivity contribution < 1.29 is 0 Å². The van der Waals surface area contributed by atoms with Crippen LogP contribution >= 0.6 is 15.9 Å². The van der Waals surface area contributed by atoms with Crippen molar-refractivity contribution in [3.63, 3.8) is 0 Å². The highest BCUT2D eigenvalue weighted by Gasteiger charge is 2.06. The van der Waals surface area contributed by atoms with Crippen LogP contribution in [0.25, 0.3) is 17.0 Å². The topological polar surface area (TPSA) is 43.1 Å². The number of hydrogen-bond donors (Lipinski definition) is 0. The van der Waals surface area contributed by atoms with Gasteiger partial charge in [0.2, 0.25) is 0 Å². The van der Waals surface area contributed by atoms with Crippen LogP contribution in [0, 0.1) is 6.92 Å². The molecule has 0 saturated carbocycles. The summed E-state index contributed by atoms with van der Waals surface area (Å²) in [6.07, 6.45) is 5.45. The molecule has 84 valence electrons. The third-order valence-electron chi connectivity index (χ3n) is 2.44. The lowest BCUT2D eigenvalue weighted by atomic mass is 10.3. The molecule has 0 fully saturated rings. The molecular weight excluding hydrogens is 280 g/mol. The Kier molecular flexibility index (Phi) is 2.40. The first-order valence-corrected chi connectivity index (χ1v) is 5.96. The smallest absolute Gasteiger partial charge is 0.183 e. The summed E-state index contributed by atoms with van der Waals surface area (Å²) in [5, 5.41) is 4.43. The van der Waals surface area contributed by atoms with Crippen LogP contribution in [0.2, 0.25) is 0 Å². The summed E-state index contributed by atoms with van der Waals surface area (Å²) in [4.78, 5) is 8.57. The maximum absolute atomic E-state index is 4.46. The van der Waals surface area contributed by atoms with E-state index in [1.165, 1.54) is 0 Å². The molecule has 3 aromatic rings. The predicted molar refractivity (Wildman–Crippen MR) is 68.7 cm³/mol. The lowest BCUT2D eigenvalue weighted by Gasteiger charge is -1.94. The molecule has 0 aliphatic heterocycles. The predicted octanol–water partition coefficient (Wildman–Crippen LogP) is 2.86. The molecule has 17 heavy (non-hydrogen) atoms. The zero-order valence-electron chi connectivity index (χ0n) is 9.13. The summed E-state index contributed by atoms with van der Waals surface area (Å²) < 4.78 is 2.70. The molecule has 0 spiro atoms. The molecule has 0 bridgehead atoms. The van der Waals surface area contributed by atoms with E-state index in [0.717, 1.165) is 21.2 Å². The van der Waals surface area contributed by atoms with Gasteiger partial charge in [0.05, 0.1) is 0 Å². The molecule has 5 heteroatoms. The van der Waals surface area contributed by atoms with Crippen LogP contribution in [0.4, 0.5) is 0 Å². The first-order valence-electron chi connectivity index (χ1n) is 5.16. The van der Waals surface area contributed by atoms with Gasteiger partial charge in [0, 0.05) is 28.6 Å². The zero-order chi connectivity index (χ0) is 11.8. The number of nitrogens with zero attached hydrogens (tertiary/aromatic N) is 4. The van der Waals surface area contributed by atoms with Crippen molar-refractivity contribution in [2.24, 2.45) is 0 Å². The molecule has 3 aromatic heterocycles. The SMILES string of the molecule is Cc1ccc2nc(-c3cncc(Br)c3)nn2c1. The summed E-state index contributed by atoms with van der Waals surface area (Å²) in [5.41, 5.74) is 2.90. The summed E-state index contributed by atoms with van der Waals surface area (Å²) in [6.45, 7) is 2.03. The maximum atomic E-state index is 4.46. The number of halogens is 1. The van der Waals surface area contributed by atoms with Crippen LogP contribution in [0.3, 0.4) is 0 Å². The highest BCUT2D eigenvalue weighted by molar-refractivity contribution is 9.10.